The summed E-state index contributed by atoms with van der Waals surface area (Å²) in [4.78, 5) is 1.96. The summed E-state index contributed by atoms with van der Waals surface area (Å²) < 4.78 is 0. The van der Waals surface area contributed by atoms with Gasteiger partial charge in [0.1, 0.15) is 6.10 Å². The summed E-state index contributed by atoms with van der Waals surface area (Å²) in [5.41, 5.74) is 0. The van der Waals surface area contributed by atoms with Crippen molar-refractivity contribution in [1.82, 2.24) is 4.90 Å². The molecule has 106 valence electrons. The minimum atomic E-state index is -1.09. The number of likely N-dealkylation sites (tertiary alicyclic amines) is 1. The predicted molar refractivity (Wildman–Crippen MR) is 63.8 cm³/mol. The molecule has 0 unspecified atom stereocenters. The molecule has 6 heteroatoms. The van der Waals surface area contributed by atoms with Crippen LogP contribution in [0.4, 0.5) is 0 Å². The zero-order chi connectivity index (χ0) is 13.3. The highest BCUT2D eigenvalue weighted by atomic mass is 16.4. The molecule has 0 radical (unpaired) electrons. The van der Waals surface area contributed by atoms with Gasteiger partial charge in [-0.25, -0.2) is 0 Å². The third kappa shape index (κ3) is 2.41. The largest absolute Gasteiger partial charge is 0.395 e. The average molecular weight is 261 g/mol. The van der Waals surface area contributed by atoms with Gasteiger partial charge in [0.25, 0.3) is 0 Å². The average Bonchev–Trinajstić information content (AvgIpc) is 2.38. The minimum Gasteiger partial charge on any atom is -0.395 e. The number of aliphatic hydroxyl groups is 5. The Hall–Kier alpha value is -0.240. The van der Waals surface area contributed by atoms with Gasteiger partial charge in [-0.1, -0.05) is 0 Å². The van der Waals surface area contributed by atoms with Gasteiger partial charge in [-0.2, -0.15) is 0 Å². The molecule has 0 spiro atoms. The van der Waals surface area contributed by atoms with Crippen molar-refractivity contribution < 1.29 is 25.5 Å². The van der Waals surface area contributed by atoms with Crippen molar-refractivity contribution in [3.8, 4) is 0 Å². The molecule has 2 rings (SSSR count). The Kier molecular flexibility index (Phi) is 4.58. The van der Waals surface area contributed by atoms with Crippen LogP contribution in [0.3, 0.4) is 0 Å². The summed E-state index contributed by atoms with van der Waals surface area (Å²) in [7, 11) is 0. The molecular formula is C12H23NO5. The lowest BCUT2D eigenvalue weighted by Gasteiger charge is -2.51. The zero-order valence-electron chi connectivity index (χ0n) is 10.4. The fourth-order valence-corrected chi connectivity index (χ4v) is 3.41. The van der Waals surface area contributed by atoms with E-state index >= 15 is 0 Å². The van der Waals surface area contributed by atoms with E-state index in [1.807, 2.05) is 4.90 Å². The van der Waals surface area contributed by atoms with Crippen LogP contribution in [0.5, 0.6) is 0 Å². The van der Waals surface area contributed by atoms with E-state index in [0.717, 1.165) is 19.4 Å². The third-order valence-electron chi connectivity index (χ3n) is 4.43. The summed E-state index contributed by atoms with van der Waals surface area (Å²) in [6.07, 6.45) is -0.931. The van der Waals surface area contributed by atoms with E-state index < -0.39 is 18.3 Å². The summed E-state index contributed by atoms with van der Waals surface area (Å²) in [6.45, 7) is 0.450. The number of aliphatic hydroxyl groups excluding tert-OH is 5. The molecule has 2 aliphatic rings. The quantitative estimate of drug-likeness (QED) is 0.399. The monoisotopic (exact) mass is 261 g/mol. The first-order valence-electron chi connectivity index (χ1n) is 6.61. The van der Waals surface area contributed by atoms with Gasteiger partial charge in [0.05, 0.1) is 31.5 Å². The second kappa shape index (κ2) is 5.81. The summed E-state index contributed by atoms with van der Waals surface area (Å²) in [5, 5.41) is 48.1. The number of rotatable bonds is 3. The first kappa shape index (κ1) is 14.2. The normalized spacial score (nSPS) is 42.0. The van der Waals surface area contributed by atoms with Crippen LogP contribution in [0.25, 0.3) is 0 Å². The molecule has 5 N–H and O–H groups in total. The Morgan fingerprint density at radius 1 is 1.06 bits per heavy atom. The van der Waals surface area contributed by atoms with Crippen LogP contribution in [0.2, 0.25) is 0 Å². The molecule has 1 aliphatic carbocycles. The van der Waals surface area contributed by atoms with Crippen LogP contribution in [-0.4, -0.2) is 80.6 Å². The van der Waals surface area contributed by atoms with Crippen LogP contribution in [0.1, 0.15) is 19.3 Å². The molecule has 0 aromatic heterocycles. The van der Waals surface area contributed by atoms with Gasteiger partial charge >= 0.3 is 0 Å². The second-order valence-corrected chi connectivity index (χ2v) is 5.41. The van der Waals surface area contributed by atoms with Gasteiger partial charge in [-0.3, -0.25) is 4.90 Å². The van der Waals surface area contributed by atoms with Gasteiger partial charge in [-0.05, 0) is 25.8 Å². The lowest BCUT2D eigenvalue weighted by Crippen LogP contribution is -2.62. The molecule has 1 heterocycles. The molecule has 0 amide bonds. The van der Waals surface area contributed by atoms with Gasteiger partial charge in [0, 0.05) is 12.0 Å². The molecular weight excluding hydrogens is 238 g/mol. The Bertz CT molecular complexity index is 273. The summed E-state index contributed by atoms with van der Waals surface area (Å²) >= 11 is 0. The van der Waals surface area contributed by atoms with E-state index in [2.05, 4.69) is 0 Å². The highest BCUT2D eigenvalue weighted by molar-refractivity contribution is 5.00. The van der Waals surface area contributed by atoms with Gasteiger partial charge in [0.2, 0.25) is 0 Å². The molecule has 1 saturated carbocycles. The van der Waals surface area contributed by atoms with Crippen molar-refractivity contribution in [2.75, 3.05) is 19.8 Å². The highest BCUT2D eigenvalue weighted by Crippen LogP contribution is 2.36. The number of piperidine rings is 1. The molecule has 2 fully saturated rings. The number of hydrogen-bond donors (Lipinski definition) is 5. The first-order chi connectivity index (χ1) is 8.60. The van der Waals surface area contributed by atoms with Crippen LogP contribution < -0.4 is 0 Å². The molecule has 0 bridgehead atoms. The topological polar surface area (TPSA) is 104 Å². The third-order valence-corrected chi connectivity index (χ3v) is 4.43. The number of fused-ring (bicyclic) bond motifs is 1. The molecule has 0 aromatic rings. The van der Waals surface area contributed by atoms with E-state index in [4.69, 9.17) is 0 Å². The second-order valence-electron chi connectivity index (χ2n) is 5.41. The van der Waals surface area contributed by atoms with Crippen LogP contribution >= 0.6 is 0 Å². The lowest BCUT2D eigenvalue weighted by molar-refractivity contribution is -0.156. The number of nitrogens with zero attached hydrogens (tertiary/aromatic N) is 1. The van der Waals surface area contributed by atoms with Gasteiger partial charge in [-0.15, -0.1) is 0 Å². The van der Waals surface area contributed by atoms with Crippen LogP contribution in [0.15, 0.2) is 0 Å². The zero-order valence-corrected chi connectivity index (χ0v) is 10.4. The van der Waals surface area contributed by atoms with E-state index in [-0.39, 0.29) is 31.2 Å². The van der Waals surface area contributed by atoms with Crippen molar-refractivity contribution in [2.24, 2.45) is 5.92 Å². The molecule has 18 heavy (non-hydrogen) atoms. The predicted octanol–water partition coefficient (Wildman–Crippen LogP) is -2.09. The molecule has 1 saturated heterocycles. The molecule has 1 aliphatic heterocycles. The van der Waals surface area contributed by atoms with Crippen molar-refractivity contribution in [3.63, 3.8) is 0 Å². The maximum absolute atomic E-state index is 10.0. The Balaban J connectivity index is 2.15. The summed E-state index contributed by atoms with van der Waals surface area (Å²) in [5.74, 6) is -0.0993. The Morgan fingerprint density at radius 3 is 2.33 bits per heavy atom. The maximum atomic E-state index is 10.0. The SMILES string of the molecule is OCC(CO)N1CCC[C@@H]2[C@@H](O)[C@H](O)[C@@H](O)C[C@@H]21. The molecule has 6 nitrogen and oxygen atoms in total. The van der Waals surface area contributed by atoms with Crippen molar-refractivity contribution in [3.05, 3.63) is 0 Å². The van der Waals surface area contributed by atoms with Crippen LogP contribution in [-0.2, 0) is 0 Å². The molecule has 0 aromatic carbocycles. The number of hydrogen-bond acceptors (Lipinski definition) is 6. The highest BCUT2D eigenvalue weighted by Gasteiger charge is 2.47. The standard InChI is InChI=1S/C12H23NO5/c14-5-7(6-15)13-3-1-2-8-9(13)4-10(16)12(18)11(8)17/h7-12,14-18H,1-6H2/t8-,9-,10-,11+,12+/m0/s1. The van der Waals surface area contributed by atoms with E-state index in [0.29, 0.717) is 6.42 Å². The minimum absolute atomic E-state index is 0.0866. The van der Waals surface area contributed by atoms with E-state index in [1.54, 1.807) is 0 Å². The van der Waals surface area contributed by atoms with Crippen molar-refractivity contribution >= 4 is 0 Å². The lowest BCUT2D eigenvalue weighted by atomic mass is 9.73. The van der Waals surface area contributed by atoms with Crippen molar-refractivity contribution in [1.29, 1.82) is 0 Å². The van der Waals surface area contributed by atoms with Crippen molar-refractivity contribution in [2.45, 2.75) is 49.7 Å². The first-order valence-corrected chi connectivity index (χ1v) is 6.61. The van der Waals surface area contributed by atoms with Gasteiger partial charge in [0.15, 0.2) is 0 Å². The van der Waals surface area contributed by atoms with E-state index in [9.17, 15) is 25.5 Å². The van der Waals surface area contributed by atoms with Crippen LogP contribution in [0, 0.1) is 5.92 Å². The molecule has 5 atom stereocenters. The van der Waals surface area contributed by atoms with Gasteiger partial charge < -0.3 is 25.5 Å². The fourth-order valence-electron chi connectivity index (χ4n) is 3.41. The Labute approximate surface area is 106 Å². The maximum Gasteiger partial charge on any atom is 0.106 e. The summed E-state index contributed by atoms with van der Waals surface area (Å²) in [6, 6.07) is -0.441. The van der Waals surface area contributed by atoms with E-state index in [1.165, 1.54) is 0 Å². The fraction of sp³-hybridized carbons (Fsp3) is 1.00. The Morgan fingerprint density at radius 2 is 1.72 bits per heavy atom. The smallest absolute Gasteiger partial charge is 0.106 e.